The fourth-order valence-electron chi connectivity index (χ4n) is 3.22. The summed E-state index contributed by atoms with van der Waals surface area (Å²) in [5.41, 5.74) is 7.02. The maximum atomic E-state index is 5.87. The van der Waals surface area contributed by atoms with E-state index in [4.69, 9.17) is 10.5 Å². The van der Waals surface area contributed by atoms with Crippen LogP contribution in [0.3, 0.4) is 0 Å². The van der Waals surface area contributed by atoms with E-state index in [-0.39, 0.29) is 24.8 Å². The van der Waals surface area contributed by atoms with Crippen LogP contribution < -0.4 is 10.6 Å². The van der Waals surface area contributed by atoms with Gasteiger partial charge in [-0.15, -0.1) is 24.8 Å². The van der Waals surface area contributed by atoms with Gasteiger partial charge < -0.3 is 15.4 Å². The van der Waals surface area contributed by atoms with Crippen molar-refractivity contribution in [1.29, 1.82) is 0 Å². The first-order valence-electron chi connectivity index (χ1n) is 8.09. The number of hydrogen-bond acceptors (Lipinski definition) is 5. The highest BCUT2D eigenvalue weighted by Crippen LogP contribution is 2.35. The summed E-state index contributed by atoms with van der Waals surface area (Å²) in [6, 6.07) is 2.50. The molecule has 23 heavy (non-hydrogen) atoms. The second-order valence-electron chi connectivity index (χ2n) is 6.50. The second-order valence-corrected chi connectivity index (χ2v) is 6.50. The Morgan fingerprint density at radius 2 is 1.91 bits per heavy atom. The molecule has 1 aromatic heterocycles. The molecule has 0 amide bonds. The van der Waals surface area contributed by atoms with Crippen molar-refractivity contribution in [2.45, 2.75) is 44.1 Å². The van der Waals surface area contributed by atoms with E-state index in [1.807, 2.05) is 0 Å². The van der Waals surface area contributed by atoms with Gasteiger partial charge >= 0.3 is 0 Å². The molecule has 0 atom stereocenters. The zero-order valence-electron chi connectivity index (χ0n) is 13.7. The lowest BCUT2D eigenvalue weighted by Crippen LogP contribution is -2.35. The molecule has 1 aromatic rings. The fourth-order valence-corrected chi connectivity index (χ4v) is 3.22. The molecule has 2 fully saturated rings. The minimum atomic E-state index is 0. The molecule has 0 bridgehead atoms. The summed E-state index contributed by atoms with van der Waals surface area (Å²) in [7, 11) is 2.12. The standard InChI is InChI=1S/C16H26N4O.2ClH/c1-20(5-2-12-3-6-21-7-4-12)16-10-15(18-11-19-16)13-8-14(17)9-13;;/h10-14H,2-9,17H2,1H3;2*1H. The summed E-state index contributed by atoms with van der Waals surface area (Å²) in [5.74, 6) is 2.37. The highest BCUT2D eigenvalue weighted by Gasteiger charge is 2.28. The van der Waals surface area contributed by atoms with E-state index >= 15 is 0 Å². The largest absolute Gasteiger partial charge is 0.381 e. The van der Waals surface area contributed by atoms with Gasteiger partial charge in [-0.05, 0) is 38.0 Å². The van der Waals surface area contributed by atoms with Crippen molar-refractivity contribution in [3.63, 3.8) is 0 Å². The van der Waals surface area contributed by atoms with Crippen LogP contribution in [0.4, 0.5) is 5.82 Å². The SMILES string of the molecule is CN(CCC1CCOCC1)c1cc(C2CC(N)C2)ncn1.Cl.Cl. The van der Waals surface area contributed by atoms with Crippen molar-refractivity contribution in [3.8, 4) is 0 Å². The highest BCUT2D eigenvalue weighted by atomic mass is 35.5. The van der Waals surface area contributed by atoms with E-state index < -0.39 is 0 Å². The summed E-state index contributed by atoms with van der Waals surface area (Å²) in [6.07, 6.45) is 7.42. The normalized spacial score (nSPS) is 24.1. The van der Waals surface area contributed by atoms with Gasteiger partial charge in [0.25, 0.3) is 0 Å². The number of rotatable bonds is 5. The van der Waals surface area contributed by atoms with Gasteiger partial charge in [0.2, 0.25) is 0 Å². The van der Waals surface area contributed by atoms with Gasteiger partial charge in [0, 0.05) is 50.5 Å². The van der Waals surface area contributed by atoms with Crippen molar-refractivity contribution < 1.29 is 4.74 Å². The minimum Gasteiger partial charge on any atom is -0.381 e. The van der Waals surface area contributed by atoms with E-state index in [9.17, 15) is 0 Å². The number of nitrogens with two attached hydrogens (primary N) is 1. The van der Waals surface area contributed by atoms with Crippen molar-refractivity contribution in [1.82, 2.24) is 9.97 Å². The molecule has 2 N–H and O–H groups in total. The summed E-state index contributed by atoms with van der Waals surface area (Å²) in [6.45, 7) is 2.90. The van der Waals surface area contributed by atoms with E-state index in [2.05, 4.69) is 28.0 Å². The summed E-state index contributed by atoms with van der Waals surface area (Å²) >= 11 is 0. The average molecular weight is 363 g/mol. The van der Waals surface area contributed by atoms with E-state index in [1.54, 1.807) is 6.33 Å². The molecule has 0 radical (unpaired) electrons. The molecule has 3 rings (SSSR count). The smallest absolute Gasteiger partial charge is 0.131 e. The number of halogens is 2. The van der Waals surface area contributed by atoms with E-state index in [0.29, 0.717) is 12.0 Å². The van der Waals surface area contributed by atoms with Crippen LogP contribution in [0.15, 0.2) is 12.4 Å². The Bertz CT molecular complexity index is 465. The number of nitrogens with zero attached hydrogens (tertiary/aromatic N) is 3. The predicted molar refractivity (Wildman–Crippen MR) is 97.9 cm³/mol. The third kappa shape index (κ3) is 5.45. The molecule has 1 aliphatic carbocycles. The molecule has 132 valence electrons. The quantitative estimate of drug-likeness (QED) is 0.872. The summed E-state index contributed by atoms with van der Waals surface area (Å²) < 4.78 is 5.42. The summed E-state index contributed by atoms with van der Waals surface area (Å²) in [5, 5.41) is 0. The maximum absolute atomic E-state index is 5.87. The molecule has 0 spiro atoms. The Labute approximate surface area is 151 Å². The molecule has 2 heterocycles. The Morgan fingerprint density at radius 3 is 2.57 bits per heavy atom. The third-order valence-electron chi connectivity index (χ3n) is 4.87. The molecule has 0 unspecified atom stereocenters. The molecule has 1 aliphatic heterocycles. The molecule has 0 aromatic carbocycles. The van der Waals surface area contributed by atoms with Crippen LogP contribution in [0.2, 0.25) is 0 Å². The lowest BCUT2D eigenvalue weighted by Gasteiger charge is -2.32. The first-order valence-corrected chi connectivity index (χ1v) is 8.09. The molecule has 1 saturated carbocycles. The zero-order chi connectivity index (χ0) is 14.7. The Balaban J connectivity index is 0.00000132. The lowest BCUT2D eigenvalue weighted by molar-refractivity contribution is 0.0645. The topological polar surface area (TPSA) is 64.3 Å². The first kappa shape index (κ1) is 20.4. The van der Waals surface area contributed by atoms with Gasteiger partial charge in [0.05, 0.1) is 0 Å². The van der Waals surface area contributed by atoms with Crippen LogP contribution in [0.25, 0.3) is 0 Å². The molecular formula is C16H28Cl2N4O. The monoisotopic (exact) mass is 362 g/mol. The van der Waals surface area contributed by atoms with Crippen molar-refractivity contribution in [3.05, 3.63) is 18.1 Å². The van der Waals surface area contributed by atoms with Gasteiger partial charge in [-0.3, -0.25) is 0 Å². The Kier molecular flexibility index (Phi) is 8.54. The lowest BCUT2D eigenvalue weighted by atomic mass is 9.78. The van der Waals surface area contributed by atoms with Crippen LogP contribution in [-0.2, 0) is 4.74 Å². The van der Waals surface area contributed by atoms with Crippen LogP contribution in [0.1, 0.15) is 43.7 Å². The summed E-state index contributed by atoms with van der Waals surface area (Å²) in [4.78, 5) is 11.1. The zero-order valence-corrected chi connectivity index (χ0v) is 15.3. The van der Waals surface area contributed by atoms with Crippen LogP contribution in [-0.4, -0.2) is 42.8 Å². The van der Waals surface area contributed by atoms with Crippen molar-refractivity contribution in [2.75, 3.05) is 31.7 Å². The van der Waals surface area contributed by atoms with Crippen LogP contribution >= 0.6 is 24.8 Å². The number of anilines is 1. The van der Waals surface area contributed by atoms with Crippen molar-refractivity contribution in [2.24, 2.45) is 11.7 Å². The molecule has 5 nitrogen and oxygen atoms in total. The van der Waals surface area contributed by atoms with Gasteiger partial charge in [-0.25, -0.2) is 9.97 Å². The number of hydrogen-bond donors (Lipinski definition) is 1. The van der Waals surface area contributed by atoms with Gasteiger partial charge in [-0.1, -0.05) is 0 Å². The highest BCUT2D eigenvalue weighted by molar-refractivity contribution is 5.85. The van der Waals surface area contributed by atoms with E-state index in [1.165, 1.54) is 19.3 Å². The van der Waals surface area contributed by atoms with Gasteiger partial charge in [0.15, 0.2) is 0 Å². The second kappa shape index (κ2) is 9.62. The predicted octanol–water partition coefficient (Wildman–Crippen LogP) is 2.78. The van der Waals surface area contributed by atoms with E-state index in [0.717, 1.165) is 50.0 Å². The number of aromatic nitrogens is 2. The minimum absolute atomic E-state index is 0. The van der Waals surface area contributed by atoms with Gasteiger partial charge in [-0.2, -0.15) is 0 Å². The van der Waals surface area contributed by atoms with Gasteiger partial charge in [0.1, 0.15) is 12.1 Å². The van der Waals surface area contributed by atoms with Crippen LogP contribution in [0, 0.1) is 5.92 Å². The molecule has 1 saturated heterocycles. The Hall–Kier alpha value is -0.620. The third-order valence-corrected chi connectivity index (χ3v) is 4.87. The first-order chi connectivity index (χ1) is 10.2. The molecule has 2 aliphatic rings. The van der Waals surface area contributed by atoms with Crippen LogP contribution in [0.5, 0.6) is 0 Å². The maximum Gasteiger partial charge on any atom is 0.131 e. The molecular weight excluding hydrogens is 335 g/mol. The molecule has 7 heteroatoms. The van der Waals surface area contributed by atoms with Crippen molar-refractivity contribution >= 4 is 30.6 Å². The fraction of sp³-hybridized carbons (Fsp3) is 0.750. The number of ether oxygens (including phenoxy) is 1. The Morgan fingerprint density at radius 1 is 1.22 bits per heavy atom. The average Bonchev–Trinajstić information content (AvgIpc) is 2.50.